The van der Waals surface area contributed by atoms with Crippen molar-refractivity contribution < 1.29 is 13.3 Å². The minimum absolute atomic E-state index is 0.891. The Kier molecular flexibility index (Phi) is 5.40. The molecule has 0 saturated carbocycles. The Morgan fingerprint density at radius 2 is 1.58 bits per heavy atom. The second kappa shape index (κ2) is 5.48. The van der Waals surface area contributed by atoms with Gasteiger partial charge in [-0.1, -0.05) is 19.9 Å². The fraction of sp³-hybridized carbons (Fsp3) is 0.750. The molecule has 0 N–H and O–H groups in total. The molecule has 0 bridgehead atoms. The quantitative estimate of drug-likeness (QED) is 0.597. The number of allylic oxidation sites excluding steroid dienone is 1. The van der Waals surface area contributed by atoms with Crippen molar-refractivity contribution in [3.05, 3.63) is 11.8 Å². The molecule has 0 saturated heterocycles. The normalized spacial score (nSPS) is 11.7. The van der Waals surface area contributed by atoms with Crippen LogP contribution in [0.3, 0.4) is 0 Å². The first kappa shape index (κ1) is 11.8. The second-order valence-electron chi connectivity index (χ2n) is 2.52. The highest BCUT2D eigenvalue weighted by Crippen LogP contribution is 2.19. The minimum Gasteiger partial charge on any atom is -0.374 e. The van der Waals surface area contributed by atoms with Crippen LogP contribution in [0.1, 0.15) is 19.8 Å². The van der Waals surface area contributed by atoms with Gasteiger partial charge in [0.2, 0.25) is 0 Å². The third kappa shape index (κ3) is 2.41. The standard InChI is InChI=1S/C8H18O3Si/c1-6-7-8(2)12(9-3,10-4)11-5/h2,6-7H2,1,3-5H3. The van der Waals surface area contributed by atoms with Crippen LogP contribution in [0.4, 0.5) is 0 Å². The Morgan fingerprint density at radius 1 is 1.17 bits per heavy atom. The summed E-state index contributed by atoms with van der Waals surface area (Å²) in [7, 11) is 2.26. The summed E-state index contributed by atoms with van der Waals surface area (Å²) in [6.45, 7) is 6.00. The maximum atomic E-state index is 5.25. The van der Waals surface area contributed by atoms with Crippen molar-refractivity contribution in [2.45, 2.75) is 19.8 Å². The van der Waals surface area contributed by atoms with Crippen molar-refractivity contribution in [3.8, 4) is 0 Å². The Labute approximate surface area is 75.7 Å². The van der Waals surface area contributed by atoms with Gasteiger partial charge in [-0.25, -0.2) is 0 Å². The molecule has 12 heavy (non-hydrogen) atoms. The monoisotopic (exact) mass is 190 g/mol. The van der Waals surface area contributed by atoms with Crippen LogP contribution in [0.5, 0.6) is 0 Å². The lowest BCUT2D eigenvalue weighted by Gasteiger charge is -2.25. The molecule has 0 aromatic carbocycles. The van der Waals surface area contributed by atoms with E-state index in [1.807, 2.05) is 0 Å². The van der Waals surface area contributed by atoms with Gasteiger partial charge in [-0.15, -0.1) is 0 Å². The Balaban J connectivity index is 4.36. The summed E-state index contributed by atoms with van der Waals surface area (Å²) in [6.07, 6.45) is 1.92. The SMILES string of the molecule is C=C(CCC)[Si](OC)(OC)OC. The summed E-state index contributed by atoms with van der Waals surface area (Å²) >= 11 is 0. The van der Waals surface area contributed by atoms with E-state index in [0.717, 1.165) is 18.0 Å². The van der Waals surface area contributed by atoms with E-state index in [1.165, 1.54) is 0 Å². The average Bonchev–Trinajstić information content (AvgIpc) is 2.09. The van der Waals surface area contributed by atoms with Gasteiger partial charge in [-0.2, -0.15) is 0 Å². The summed E-state index contributed by atoms with van der Waals surface area (Å²) in [6, 6.07) is 0. The molecule has 0 aliphatic carbocycles. The first-order valence-corrected chi connectivity index (χ1v) is 5.73. The summed E-state index contributed by atoms with van der Waals surface area (Å²) in [5.41, 5.74) is 0. The molecule has 0 fully saturated rings. The van der Waals surface area contributed by atoms with Gasteiger partial charge in [-0.3, -0.25) is 0 Å². The number of rotatable bonds is 6. The predicted molar refractivity (Wildman–Crippen MR) is 50.8 cm³/mol. The van der Waals surface area contributed by atoms with Crippen LogP contribution in [-0.4, -0.2) is 30.1 Å². The van der Waals surface area contributed by atoms with Crippen molar-refractivity contribution in [1.82, 2.24) is 0 Å². The lowest BCUT2D eigenvalue weighted by atomic mass is 10.3. The average molecular weight is 190 g/mol. The first-order chi connectivity index (χ1) is 5.66. The third-order valence-electron chi connectivity index (χ3n) is 1.79. The fourth-order valence-electron chi connectivity index (χ4n) is 1.14. The molecule has 0 aliphatic rings. The molecule has 0 atom stereocenters. The topological polar surface area (TPSA) is 27.7 Å². The fourth-order valence-corrected chi connectivity index (χ4v) is 3.06. The van der Waals surface area contributed by atoms with Crippen LogP contribution in [-0.2, 0) is 13.3 Å². The van der Waals surface area contributed by atoms with E-state index in [9.17, 15) is 0 Å². The summed E-state index contributed by atoms with van der Waals surface area (Å²) in [5, 5.41) is 0.942. The first-order valence-electron chi connectivity index (χ1n) is 4.00. The predicted octanol–water partition coefficient (Wildman–Crippen LogP) is 1.76. The van der Waals surface area contributed by atoms with Crippen LogP contribution >= 0.6 is 0 Å². The second-order valence-corrected chi connectivity index (χ2v) is 5.57. The van der Waals surface area contributed by atoms with Gasteiger partial charge < -0.3 is 13.3 Å². The summed E-state index contributed by atoms with van der Waals surface area (Å²) < 4.78 is 15.7. The molecule has 3 nitrogen and oxygen atoms in total. The van der Waals surface area contributed by atoms with Gasteiger partial charge in [-0.05, 0) is 11.6 Å². The zero-order valence-electron chi connectivity index (χ0n) is 8.35. The van der Waals surface area contributed by atoms with Crippen LogP contribution in [0.2, 0.25) is 0 Å². The molecule has 0 amide bonds. The van der Waals surface area contributed by atoms with E-state index in [4.69, 9.17) is 13.3 Å². The summed E-state index contributed by atoms with van der Waals surface area (Å²) in [4.78, 5) is 0. The van der Waals surface area contributed by atoms with E-state index in [1.54, 1.807) is 21.3 Å². The zero-order valence-corrected chi connectivity index (χ0v) is 9.35. The van der Waals surface area contributed by atoms with Gasteiger partial charge in [0.1, 0.15) is 0 Å². The van der Waals surface area contributed by atoms with Crippen LogP contribution in [0, 0.1) is 0 Å². The van der Waals surface area contributed by atoms with Gasteiger partial charge in [0.05, 0.1) is 0 Å². The maximum absolute atomic E-state index is 5.25. The molecule has 0 aliphatic heterocycles. The van der Waals surface area contributed by atoms with Gasteiger partial charge in [0.25, 0.3) is 0 Å². The molecule has 72 valence electrons. The third-order valence-corrected chi connectivity index (χ3v) is 4.52. The van der Waals surface area contributed by atoms with E-state index >= 15 is 0 Å². The molecule has 0 rings (SSSR count). The van der Waals surface area contributed by atoms with Gasteiger partial charge >= 0.3 is 8.80 Å². The zero-order chi connectivity index (χ0) is 9.61. The van der Waals surface area contributed by atoms with Crippen molar-refractivity contribution in [3.63, 3.8) is 0 Å². The number of hydrogen-bond donors (Lipinski definition) is 0. The van der Waals surface area contributed by atoms with E-state index in [2.05, 4.69) is 13.5 Å². The molecule has 0 heterocycles. The highest BCUT2D eigenvalue weighted by atomic mass is 28.4. The lowest BCUT2D eigenvalue weighted by molar-refractivity contribution is 0.133. The van der Waals surface area contributed by atoms with Gasteiger partial charge in [0, 0.05) is 21.3 Å². The van der Waals surface area contributed by atoms with Crippen LogP contribution in [0.25, 0.3) is 0 Å². The van der Waals surface area contributed by atoms with Crippen molar-refractivity contribution in [2.75, 3.05) is 21.3 Å². The molecule has 0 aromatic heterocycles. The van der Waals surface area contributed by atoms with Crippen molar-refractivity contribution in [2.24, 2.45) is 0 Å². The Bertz CT molecular complexity index is 135. The Morgan fingerprint density at radius 3 is 1.83 bits per heavy atom. The van der Waals surface area contributed by atoms with E-state index < -0.39 is 8.80 Å². The molecule has 0 radical (unpaired) electrons. The lowest BCUT2D eigenvalue weighted by Crippen LogP contribution is -2.45. The molecule has 4 heteroatoms. The molecule has 0 spiro atoms. The summed E-state index contributed by atoms with van der Waals surface area (Å²) in [5.74, 6) is 0. The largest absolute Gasteiger partial charge is 0.531 e. The maximum Gasteiger partial charge on any atom is 0.531 e. The van der Waals surface area contributed by atoms with Crippen molar-refractivity contribution >= 4 is 8.80 Å². The van der Waals surface area contributed by atoms with Crippen LogP contribution < -0.4 is 0 Å². The van der Waals surface area contributed by atoms with E-state index in [0.29, 0.717) is 0 Å². The van der Waals surface area contributed by atoms with Gasteiger partial charge in [0.15, 0.2) is 0 Å². The van der Waals surface area contributed by atoms with Crippen LogP contribution in [0.15, 0.2) is 11.8 Å². The molecular formula is C8H18O3Si. The highest BCUT2D eigenvalue weighted by molar-refractivity contribution is 6.68. The molecular weight excluding hydrogens is 172 g/mol. The molecule has 0 aromatic rings. The number of hydrogen-bond acceptors (Lipinski definition) is 3. The highest BCUT2D eigenvalue weighted by Gasteiger charge is 2.40. The molecule has 0 unspecified atom stereocenters. The smallest absolute Gasteiger partial charge is 0.374 e. The van der Waals surface area contributed by atoms with E-state index in [-0.39, 0.29) is 0 Å². The Hall–Kier alpha value is -0.163. The minimum atomic E-state index is -2.54. The van der Waals surface area contributed by atoms with Crippen molar-refractivity contribution in [1.29, 1.82) is 0 Å².